The SMILES string of the molecule is Cc1cccc(C(=O)OC(C)C(=O)Nc2ccc(Cl)cc2C(F)(F)F)c1O. The van der Waals surface area contributed by atoms with E-state index in [1.807, 2.05) is 0 Å². The van der Waals surface area contributed by atoms with E-state index in [2.05, 4.69) is 5.32 Å². The number of para-hydroxylation sites is 1. The van der Waals surface area contributed by atoms with Gasteiger partial charge in [-0.2, -0.15) is 13.2 Å². The molecule has 1 atom stereocenters. The summed E-state index contributed by atoms with van der Waals surface area (Å²) in [7, 11) is 0. The van der Waals surface area contributed by atoms with E-state index in [4.69, 9.17) is 16.3 Å². The van der Waals surface area contributed by atoms with Crippen molar-refractivity contribution in [2.45, 2.75) is 26.1 Å². The Kier molecular flexibility index (Phi) is 6.00. The van der Waals surface area contributed by atoms with Crippen molar-refractivity contribution in [3.8, 4) is 5.75 Å². The maximum absolute atomic E-state index is 13.1. The molecule has 2 rings (SSSR count). The van der Waals surface area contributed by atoms with Gasteiger partial charge in [0.15, 0.2) is 6.10 Å². The third-order valence-corrected chi connectivity index (χ3v) is 3.89. The highest BCUT2D eigenvalue weighted by Crippen LogP contribution is 2.36. The molecule has 27 heavy (non-hydrogen) atoms. The van der Waals surface area contributed by atoms with Crippen LogP contribution < -0.4 is 5.32 Å². The zero-order valence-corrected chi connectivity index (χ0v) is 15.0. The predicted octanol–water partition coefficient (Wildman–Crippen LogP) is 4.56. The number of alkyl halides is 3. The van der Waals surface area contributed by atoms with Crippen LogP contribution in [0, 0.1) is 6.92 Å². The summed E-state index contributed by atoms with van der Waals surface area (Å²) >= 11 is 5.58. The molecule has 0 saturated carbocycles. The van der Waals surface area contributed by atoms with Crippen LogP contribution in [0.2, 0.25) is 5.02 Å². The van der Waals surface area contributed by atoms with Gasteiger partial charge in [0.25, 0.3) is 5.91 Å². The van der Waals surface area contributed by atoms with Crippen LogP contribution in [-0.4, -0.2) is 23.1 Å². The van der Waals surface area contributed by atoms with Gasteiger partial charge >= 0.3 is 12.1 Å². The number of phenolic OH excluding ortho intramolecular Hbond substituents is 1. The third kappa shape index (κ3) is 4.91. The summed E-state index contributed by atoms with van der Waals surface area (Å²) in [6, 6.07) is 7.26. The number of rotatable bonds is 4. The van der Waals surface area contributed by atoms with E-state index in [-0.39, 0.29) is 16.3 Å². The van der Waals surface area contributed by atoms with Gasteiger partial charge in [0, 0.05) is 5.02 Å². The average Bonchev–Trinajstić information content (AvgIpc) is 2.57. The zero-order valence-electron chi connectivity index (χ0n) is 14.2. The van der Waals surface area contributed by atoms with Crippen LogP contribution in [0.5, 0.6) is 5.75 Å². The number of carbonyl (C=O) groups excluding carboxylic acids is 2. The van der Waals surface area contributed by atoms with Crippen LogP contribution in [0.4, 0.5) is 18.9 Å². The lowest BCUT2D eigenvalue weighted by atomic mass is 10.1. The Bertz CT molecular complexity index is 883. The van der Waals surface area contributed by atoms with E-state index < -0.39 is 35.4 Å². The maximum atomic E-state index is 13.1. The summed E-state index contributed by atoms with van der Waals surface area (Å²) in [5.74, 6) is -2.25. The fourth-order valence-electron chi connectivity index (χ4n) is 2.20. The Morgan fingerprint density at radius 2 is 1.89 bits per heavy atom. The minimum absolute atomic E-state index is 0.144. The Hall–Kier alpha value is -2.74. The van der Waals surface area contributed by atoms with Gasteiger partial charge in [-0.15, -0.1) is 0 Å². The first-order chi connectivity index (χ1) is 12.5. The molecule has 0 bridgehead atoms. The number of halogens is 4. The summed E-state index contributed by atoms with van der Waals surface area (Å²) in [6.45, 7) is 2.77. The molecule has 0 saturated heterocycles. The number of nitrogens with one attached hydrogen (secondary N) is 1. The number of amides is 1. The molecule has 2 aromatic carbocycles. The molecule has 0 aliphatic rings. The van der Waals surface area contributed by atoms with Crippen LogP contribution in [0.25, 0.3) is 0 Å². The number of benzene rings is 2. The van der Waals surface area contributed by atoms with Crippen molar-refractivity contribution in [1.29, 1.82) is 0 Å². The first-order valence-corrected chi connectivity index (χ1v) is 8.05. The standard InChI is InChI=1S/C18H15ClF3NO4/c1-9-4-3-5-12(15(9)24)17(26)27-10(2)16(25)23-14-7-6-11(19)8-13(14)18(20,21)22/h3-8,10,24H,1-2H3,(H,23,25). The molecular weight excluding hydrogens is 387 g/mol. The number of phenols is 1. The van der Waals surface area contributed by atoms with Gasteiger partial charge in [-0.05, 0) is 43.7 Å². The fourth-order valence-corrected chi connectivity index (χ4v) is 2.37. The topological polar surface area (TPSA) is 75.6 Å². The molecule has 0 radical (unpaired) electrons. The Balaban J connectivity index is 2.15. The van der Waals surface area contributed by atoms with E-state index >= 15 is 0 Å². The highest BCUT2D eigenvalue weighted by molar-refractivity contribution is 6.30. The van der Waals surface area contributed by atoms with Crippen molar-refractivity contribution in [2.75, 3.05) is 5.32 Å². The van der Waals surface area contributed by atoms with Gasteiger partial charge in [-0.25, -0.2) is 4.79 Å². The van der Waals surface area contributed by atoms with Gasteiger partial charge in [-0.3, -0.25) is 4.79 Å². The molecule has 1 amide bonds. The van der Waals surface area contributed by atoms with E-state index in [0.29, 0.717) is 11.6 Å². The van der Waals surface area contributed by atoms with Crippen molar-refractivity contribution in [3.05, 3.63) is 58.1 Å². The van der Waals surface area contributed by atoms with Crippen LogP contribution in [0.15, 0.2) is 36.4 Å². The van der Waals surface area contributed by atoms with Gasteiger partial charge in [0.05, 0.1) is 11.3 Å². The molecule has 2 aromatic rings. The van der Waals surface area contributed by atoms with Crippen LogP contribution in [-0.2, 0) is 15.7 Å². The van der Waals surface area contributed by atoms with Crippen LogP contribution >= 0.6 is 11.6 Å². The maximum Gasteiger partial charge on any atom is 0.418 e. The molecule has 0 aliphatic carbocycles. The van der Waals surface area contributed by atoms with E-state index in [1.54, 1.807) is 13.0 Å². The minimum Gasteiger partial charge on any atom is -0.507 e. The molecule has 0 aliphatic heterocycles. The summed E-state index contributed by atoms with van der Waals surface area (Å²) in [5, 5.41) is 11.8. The quantitative estimate of drug-likeness (QED) is 0.736. The molecule has 2 N–H and O–H groups in total. The van der Waals surface area contributed by atoms with E-state index in [1.165, 1.54) is 25.1 Å². The van der Waals surface area contributed by atoms with Crippen molar-refractivity contribution in [3.63, 3.8) is 0 Å². The number of carbonyl (C=O) groups is 2. The van der Waals surface area contributed by atoms with Gasteiger partial charge in [0.1, 0.15) is 11.3 Å². The summed E-state index contributed by atoms with van der Waals surface area (Å²) in [5.41, 5.74) is -1.37. The van der Waals surface area contributed by atoms with E-state index in [9.17, 15) is 27.9 Å². The number of hydrogen-bond donors (Lipinski definition) is 2. The highest BCUT2D eigenvalue weighted by atomic mass is 35.5. The van der Waals surface area contributed by atoms with Crippen molar-refractivity contribution in [2.24, 2.45) is 0 Å². The van der Waals surface area contributed by atoms with Crippen LogP contribution in [0.3, 0.4) is 0 Å². The second-order valence-corrected chi connectivity index (χ2v) is 6.13. The largest absolute Gasteiger partial charge is 0.507 e. The lowest BCUT2D eigenvalue weighted by molar-refractivity contribution is -0.137. The second-order valence-electron chi connectivity index (χ2n) is 5.70. The Morgan fingerprint density at radius 1 is 1.22 bits per heavy atom. The first kappa shape index (κ1) is 20.6. The zero-order chi connectivity index (χ0) is 20.4. The number of anilines is 1. The lowest BCUT2D eigenvalue weighted by Crippen LogP contribution is -2.30. The molecular formula is C18H15ClF3NO4. The molecule has 0 heterocycles. The predicted molar refractivity (Wildman–Crippen MR) is 92.8 cm³/mol. The molecule has 9 heteroatoms. The van der Waals surface area contributed by atoms with Crippen molar-refractivity contribution < 1.29 is 32.6 Å². The number of ether oxygens (including phenoxy) is 1. The van der Waals surface area contributed by atoms with Gasteiger partial charge in [0.2, 0.25) is 0 Å². The normalized spacial score (nSPS) is 12.4. The third-order valence-electron chi connectivity index (χ3n) is 3.66. The molecule has 0 aromatic heterocycles. The average molecular weight is 402 g/mol. The highest BCUT2D eigenvalue weighted by Gasteiger charge is 2.34. The fraction of sp³-hybridized carbons (Fsp3) is 0.222. The molecule has 1 unspecified atom stereocenters. The summed E-state index contributed by atoms with van der Waals surface area (Å²) in [4.78, 5) is 24.2. The first-order valence-electron chi connectivity index (χ1n) is 7.68. The minimum atomic E-state index is -4.74. The summed E-state index contributed by atoms with van der Waals surface area (Å²) < 4.78 is 44.1. The van der Waals surface area contributed by atoms with Gasteiger partial charge in [-0.1, -0.05) is 23.7 Å². The lowest BCUT2D eigenvalue weighted by Gasteiger charge is -2.17. The summed E-state index contributed by atoms with van der Waals surface area (Å²) in [6.07, 6.45) is -6.14. The van der Waals surface area contributed by atoms with E-state index in [0.717, 1.165) is 6.07 Å². The van der Waals surface area contributed by atoms with Crippen molar-refractivity contribution in [1.82, 2.24) is 0 Å². The molecule has 0 spiro atoms. The number of aromatic hydroxyl groups is 1. The molecule has 144 valence electrons. The number of hydrogen-bond acceptors (Lipinski definition) is 4. The Morgan fingerprint density at radius 3 is 2.52 bits per heavy atom. The Labute approximate surface area is 157 Å². The molecule has 5 nitrogen and oxygen atoms in total. The van der Waals surface area contributed by atoms with Gasteiger partial charge < -0.3 is 15.2 Å². The smallest absolute Gasteiger partial charge is 0.418 e. The number of esters is 1. The molecule has 0 fully saturated rings. The monoisotopic (exact) mass is 401 g/mol. The van der Waals surface area contributed by atoms with Crippen LogP contribution in [0.1, 0.15) is 28.4 Å². The van der Waals surface area contributed by atoms with Crippen molar-refractivity contribution >= 4 is 29.2 Å². The number of aryl methyl sites for hydroxylation is 1. The second kappa shape index (κ2) is 7.87.